The highest BCUT2D eigenvalue weighted by molar-refractivity contribution is 5.90. The number of aliphatic hydroxyl groups is 1. The monoisotopic (exact) mass is 276 g/mol. The van der Waals surface area contributed by atoms with Gasteiger partial charge in [0.15, 0.2) is 0 Å². The molecule has 1 saturated carbocycles. The van der Waals surface area contributed by atoms with Crippen LogP contribution in [0.25, 0.3) is 0 Å². The summed E-state index contributed by atoms with van der Waals surface area (Å²) in [5.41, 5.74) is 0.840. The van der Waals surface area contributed by atoms with Crippen molar-refractivity contribution < 1.29 is 9.90 Å². The third kappa shape index (κ3) is 4.62. The van der Waals surface area contributed by atoms with Crippen molar-refractivity contribution in [1.29, 1.82) is 0 Å². The van der Waals surface area contributed by atoms with Gasteiger partial charge in [0.25, 0.3) is 0 Å². The molecule has 1 fully saturated rings. The van der Waals surface area contributed by atoms with E-state index in [4.69, 9.17) is 5.11 Å². The first-order valence-corrected chi connectivity index (χ1v) is 7.49. The van der Waals surface area contributed by atoms with Gasteiger partial charge in [-0.25, -0.2) is 0 Å². The molecule has 0 unspecified atom stereocenters. The maximum absolute atomic E-state index is 11.9. The summed E-state index contributed by atoms with van der Waals surface area (Å²) in [6.45, 7) is 1.56. The Morgan fingerprint density at radius 2 is 1.90 bits per heavy atom. The van der Waals surface area contributed by atoms with Crippen molar-refractivity contribution in [2.24, 2.45) is 0 Å². The second-order valence-corrected chi connectivity index (χ2v) is 5.36. The summed E-state index contributed by atoms with van der Waals surface area (Å²) < 4.78 is 0. The first-order chi connectivity index (χ1) is 9.79. The van der Waals surface area contributed by atoms with E-state index in [9.17, 15) is 4.79 Å². The Morgan fingerprint density at radius 3 is 2.55 bits per heavy atom. The molecule has 0 aromatic heterocycles. The zero-order valence-corrected chi connectivity index (χ0v) is 11.9. The maximum Gasteiger partial charge on any atom is 0.225 e. The minimum atomic E-state index is 0.0390. The Hall–Kier alpha value is -1.39. The van der Waals surface area contributed by atoms with Gasteiger partial charge in [0.1, 0.15) is 0 Å². The molecule has 2 rings (SSSR count). The molecule has 4 nitrogen and oxygen atoms in total. The van der Waals surface area contributed by atoms with E-state index in [-0.39, 0.29) is 12.5 Å². The molecule has 0 bridgehead atoms. The Morgan fingerprint density at radius 1 is 1.20 bits per heavy atom. The number of anilines is 1. The van der Waals surface area contributed by atoms with Crippen LogP contribution in [0.15, 0.2) is 30.3 Å². The highest BCUT2D eigenvalue weighted by Gasteiger charge is 2.22. The van der Waals surface area contributed by atoms with E-state index in [2.05, 4.69) is 10.2 Å². The molecule has 0 heterocycles. The SMILES string of the molecule is O=C(CCN(CCO)C1CCCC1)Nc1ccccc1. The quantitative estimate of drug-likeness (QED) is 0.803. The molecule has 20 heavy (non-hydrogen) atoms. The maximum atomic E-state index is 11.9. The Kier molecular flexibility index (Phi) is 6.02. The number of hydrogen-bond donors (Lipinski definition) is 2. The zero-order chi connectivity index (χ0) is 14.2. The molecule has 1 amide bonds. The topological polar surface area (TPSA) is 52.6 Å². The highest BCUT2D eigenvalue weighted by Crippen LogP contribution is 2.23. The van der Waals surface area contributed by atoms with Crippen molar-refractivity contribution in [1.82, 2.24) is 4.90 Å². The number of nitrogens with one attached hydrogen (secondary N) is 1. The molecule has 0 saturated heterocycles. The van der Waals surface area contributed by atoms with E-state index in [0.29, 0.717) is 19.0 Å². The van der Waals surface area contributed by atoms with Gasteiger partial charge in [0, 0.05) is 31.2 Å². The van der Waals surface area contributed by atoms with Crippen LogP contribution in [0.2, 0.25) is 0 Å². The van der Waals surface area contributed by atoms with E-state index in [1.54, 1.807) is 0 Å². The first kappa shape index (κ1) is 15.0. The predicted molar refractivity (Wildman–Crippen MR) is 80.6 cm³/mol. The van der Waals surface area contributed by atoms with Crippen LogP contribution < -0.4 is 5.32 Å². The molecule has 0 spiro atoms. The number of benzene rings is 1. The van der Waals surface area contributed by atoms with Crippen molar-refractivity contribution in [3.63, 3.8) is 0 Å². The van der Waals surface area contributed by atoms with Crippen LogP contribution in [-0.2, 0) is 4.79 Å². The summed E-state index contributed by atoms with van der Waals surface area (Å²) >= 11 is 0. The number of hydrogen-bond acceptors (Lipinski definition) is 3. The minimum absolute atomic E-state index is 0.0390. The van der Waals surface area contributed by atoms with E-state index in [1.807, 2.05) is 30.3 Å². The Bertz CT molecular complexity index is 402. The van der Waals surface area contributed by atoms with Gasteiger partial charge in [0.2, 0.25) is 5.91 Å². The Labute approximate surface area is 120 Å². The minimum Gasteiger partial charge on any atom is -0.395 e. The molecule has 1 aliphatic rings. The molecule has 0 aliphatic heterocycles. The number of carbonyl (C=O) groups excluding carboxylic acids is 1. The van der Waals surface area contributed by atoms with Crippen molar-refractivity contribution in [2.75, 3.05) is 25.0 Å². The molecule has 1 aromatic rings. The molecule has 1 aromatic carbocycles. The van der Waals surface area contributed by atoms with Gasteiger partial charge in [-0.15, -0.1) is 0 Å². The van der Waals surface area contributed by atoms with Gasteiger partial charge in [-0.05, 0) is 25.0 Å². The lowest BCUT2D eigenvalue weighted by molar-refractivity contribution is -0.116. The van der Waals surface area contributed by atoms with Crippen LogP contribution in [0.5, 0.6) is 0 Å². The van der Waals surface area contributed by atoms with Gasteiger partial charge in [-0.3, -0.25) is 9.69 Å². The fourth-order valence-electron chi connectivity index (χ4n) is 2.86. The number of aliphatic hydroxyl groups excluding tert-OH is 1. The van der Waals surface area contributed by atoms with E-state index in [0.717, 1.165) is 12.2 Å². The average Bonchev–Trinajstić information content (AvgIpc) is 2.98. The number of para-hydroxylation sites is 1. The lowest BCUT2D eigenvalue weighted by Gasteiger charge is -2.27. The zero-order valence-electron chi connectivity index (χ0n) is 11.9. The lowest BCUT2D eigenvalue weighted by Crippen LogP contribution is -2.37. The van der Waals surface area contributed by atoms with Crippen molar-refractivity contribution >= 4 is 11.6 Å². The Balaban J connectivity index is 1.78. The average molecular weight is 276 g/mol. The second kappa shape index (κ2) is 8.02. The summed E-state index contributed by atoms with van der Waals surface area (Å²) in [7, 11) is 0. The third-order valence-corrected chi connectivity index (χ3v) is 3.91. The normalized spacial score (nSPS) is 15.7. The van der Waals surface area contributed by atoms with Crippen molar-refractivity contribution in [3.05, 3.63) is 30.3 Å². The summed E-state index contributed by atoms with van der Waals surface area (Å²) in [6.07, 6.45) is 5.40. The standard InChI is InChI=1S/C16H24N2O2/c19-13-12-18(15-8-4-5-9-15)11-10-16(20)17-14-6-2-1-3-7-14/h1-3,6-7,15,19H,4-5,8-13H2,(H,17,20). The molecule has 0 radical (unpaired) electrons. The molecule has 4 heteroatoms. The number of nitrogens with zero attached hydrogens (tertiary/aromatic N) is 1. The first-order valence-electron chi connectivity index (χ1n) is 7.49. The van der Waals surface area contributed by atoms with Crippen LogP contribution in [0, 0.1) is 0 Å². The summed E-state index contributed by atoms with van der Waals surface area (Å²) in [4.78, 5) is 14.2. The van der Waals surface area contributed by atoms with Crippen LogP contribution in [0.3, 0.4) is 0 Å². The van der Waals surface area contributed by atoms with Gasteiger partial charge in [-0.2, -0.15) is 0 Å². The van der Waals surface area contributed by atoms with Gasteiger partial charge >= 0.3 is 0 Å². The molecular formula is C16H24N2O2. The number of amides is 1. The number of rotatable bonds is 7. The highest BCUT2D eigenvalue weighted by atomic mass is 16.3. The fourth-order valence-corrected chi connectivity index (χ4v) is 2.86. The largest absolute Gasteiger partial charge is 0.395 e. The molecular weight excluding hydrogens is 252 g/mol. The van der Waals surface area contributed by atoms with E-state index < -0.39 is 0 Å². The van der Waals surface area contributed by atoms with E-state index in [1.165, 1.54) is 25.7 Å². The molecule has 0 atom stereocenters. The van der Waals surface area contributed by atoms with E-state index >= 15 is 0 Å². The summed E-state index contributed by atoms with van der Waals surface area (Å²) in [5, 5.41) is 12.1. The lowest BCUT2D eigenvalue weighted by atomic mass is 10.2. The van der Waals surface area contributed by atoms with Crippen molar-refractivity contribution in [3.8, 4) is 0 Å². The number of carbonyl (C=O) groups is 1. The van der Waals surface area contributed by atoms with Crippen LogP contribution >= 0.6 is 0 Å². The molecule has 2 N–H and O–H groups in total. The van der Waals surface area contributed by atoms with Crippen LogP contribution in [0.1, 0.15) is 32.1 Å². The van der Waals surface area contributed by atoms with Crippen LogP contribution in [-0.4, -0.2) is 41.7 Å². The van der Waals surface area contributed by atoms with Gasteiger partial charge in [0.05, 0.1) is 6.61 Å². The smallest absolute Gasteiger partial charge is 0.225 e. The van der Waals surface area contributed by atoms with Gasteiger partial charge in [-0.1, -0.05) is 31.0 Å². The second-order valence-electron chi connectivity index (χ2n) is 5.36. The summed E-state index contributed by atoms with van der Waals surface area (Å²) in [5.74, 6) is 0.0390. The van der Waals surface area contributed by atoms with Gasteiger partial charge < -0.3 is 10.4 Å². The molecule has 110 valence electrons. The molecule has 1 aliphatic carbocycles. The fraction of sp³-hybridized carbons (Fsp3) is 0.562. The summed E-state index contributed by atoms with van der Waals surface area (Å²) in [6, 6.07) is 10.1. The predicted octanol–water partition coefficient (Wildman–Crippen LogP) is 2.25. The van der Waals surface area contributed by atoms with Crippen molar-refractivity contribution in [2.45, 2.75) is 38.1 Å². The van der Waals surface area contributed by atoms with Crippen LogP contribution in [0.4, 0.5) is 5.69 Å². The third-order valence-electron chi connectivity index (χ3n) is 3.91.